The van der Waals surface area contributed by atoms with Crippen LogP contribution in [-0.4, -0.2) is 42.1 Å². The van der Waals surface area contributed by atoms with E-state index in [1.54, 1.807) is 0 Å². The monoisotopic (exact) mass is 331 g/mol. The predicted molar refractivity (Wildman–Crippen MR) is 91.6 cm³/mol. The number of nitrogens with zero attached hydrogens (tertiary/aromatic N) is 2. The SMILES string of the molecule is O=C(CCc1ccccc1)Nc1nc(CN2CCOCC2)cs1. The van der Waals surface area contributed by atoms with Gasteiger partial charge in [-0.25, -0.2) is 4.98 Å². The van der Waals surface area contributed by atoms with Crippen LogP contribution in [0.3, 0.4) is 0 Å². The third kappa shape index (κ3) is 5.13. The molecule has 1 aromatic heterocycles. The van der Waals surface area contributed by atoms with Crippen molar-refractivity contribution in [1.82, 2.24) is 9.88 Å². The molecule has 1 amide bonds. The summed E-state index contributed by atoms with van der Waals surface area (Å²) in [5.41, 5.74) is 2.19. The van der Waals surface area contributed by atoms with Crippen molar-refractivity contribution in [2.45, 2.75) is 19.4 Å². The first-order chi connectivity index (χ1) is 11.3. The van der Waals surface area contributed by atoms with Crippen molar-refractivity contribution in [2.24, 2.45) is 0 Å². The quantitative estimate of drug-likeness (QED) is 0.884. The molecule has 23 heavy (non-hydrogen) atoms. The Bertz CT molecular complexity index is 624. The second kappa shape index (κ2) is 8.19. The van der Waals surface area contributed by atoms with Crippen LogP contribution in [0.25, 0.3) is 0 Å². The van der Waals surface area contributed by atoms with E-state index in [-0.39, 0.29) is 5.91 Å². The van der Waals surface area contributed by atoms with Crippen molar-refractivity contribution >= 4 is 22.4 Å². The molecular weight excluding hydrogens is 310 g/mol. The molecule has 1 saturated heterocycles. The van der Waals surface area contributed by atoms with Gasteiger partial charge in [-0.2, -0.15) is 0 Å². The van der Waals surface area contributed by atoms with E-state index in [1.807, 2.05) is 35.7 Å². The summed E-state index contributed by atoms with van der Waals surface area (Å²) in [5.74, 6) is 0.0149. The van der Waals surface area contributed by atoms with Crippen LogP contribution in [-0.2, 0) is 22.5 Å². The van der Waals surface area contributed by atoms with Crippen LogP contribution < -0.4 is 5.32 Å². The molecule has 1 aromatic carbocycles. The molecule has 0 atom stereocenters. The highest BCUT2D eigenvalue weighted by Crippen LogP contribution is 2.17. The molecule has 1 aliphatic heterocycles. The molecule has 5 nitrogen and oxygen atoms in total. The topological polar surface area (TPSA) is 54.5 Å². The number of aromatic nitrogens is 1. The Morgan fingerprint density at radius 1 is 1.26 bits per heavy atom. The molecule has 0 spiro atoms. The third-order valence-corrected chi connectivity index (χ3v) is 4.58. The van der Waals surface area contributed by atoms with Gasteiger partial charge in [-0.15, -0.1) is 11.3 Å². The van der Waals surface area contributed by atoms with E-state index in [2.05, 4.69) is 15.2 Å². The number of hydrogen-bond acceptors (Lipinski definition) is 5. The first-order valence-electron chi connectivity index (χ1n) is 7.88. The van der Waals surface area contributed by atoms with Gasteiger partial charge in [0.25, 0.3) is 0 Å². The molecule has 1 N–H and O–H groups in total. The summed E-state index contributed by atoms with van der Waals surface area (Å²) in [7, 11) is 0. The number of nitrogens with one attached hydrogen (secondary N) is 1. The van der Waals surface area contributed by atoms with Crippen LogP contribution in [0.15, 0.2) is 35.7 Å². The Morgan fingerprint density at radius 2 is 2.04 bits per heavy atom. The van der Waals surface area contributed by atoms with Gasteiger partial charge >= 0.3 is 0 Å². The van der Waals surface area contributed by atoms with Crippen LogP contribution in [0, 0.1) is 0 Å². The Morgan fingerprint density at radius 3 is 2.83 bits per heavy atom. The molecule has 3 rings (SSSR count). The van der Waals surface area contributed by atoms with E-state index in [1.165, 1.54) is 16.9 Å². The molecule has 1 aliphatic rings. The van der Waals surface area contributed by atoms with Crippen LogP contribution >= 0.6 is 11.3 Å². The summed E-state index contributed by atoms with van der Waals surface area (Å²) in [6, 6.07) is 10.0. The molecule has 2 aromatic rings. The van der Waals surface area contributed by atoms with Crippen molar-refractivity contribution in [3.8, 4) is 0 Å². The van der Waals surface area contributed by atoms with Crippen molar-refractivity contribution < 1.29 is 9.53 Å². The maximum absolute atomic E-state index is 12.0. The molecule has 0 unspecified atom stereocenters. The molecular formula is C17H21N3O2S. The number of carbonyl (C=O) groups is 1. The van der Waals surface area contributed by atoms with Gasteiger partial charge in [0.1, 0.15) is 0 Å². The van der Waals surface area contributed by atoms with Gasteiger partial charge in [0.2, 0.25) is 5.91 Å². The zero-order valence-electron chi connectivity index (χ0n) is 13.0. The van der Waals surface area contributed by atoms with E-state index >= 15 is 0 Å². The van der Waals surface area contributed by atoms with Gasteiger partial charge in [0.05, 0.1) is 18.9 Å². The molecule has 2 heterocycles. The number of thiazole rings is 1. The Kier molecular flexibility index (Phi) is 5.74. The van der Waals surface area contributed by atoms with Crippen molar-refractivity contribution in [3.05, 3.63) is 47.0 Å². The highest BCUT2D eigenvalue weighted by molar-refractivity contribution is 7.13. The lowest BCUT2D eigenvalue weighted by atomic mass is 10.1. The smallest absolute Gasteiger partial charge is 0.226 e. The van der Waals surface area contributed by atoms with Gasteiger partial charge in [-0.1, -0.05) is 30.3 Å². The summed E-state index contributed by atoms with van der Waals surface area (Å²) in [4.78, 5) is 18.8. The van der Waals surface area contributed by atoms with E-state index < -0.39 is 0 Å². The fourth-order valence-corrected chi connectivity index (χ4v) is 3.23. The van der Waals surface area contributed by atoms with E-state index in [0.29, 0.717) is 11.6 Å². The van der Waals surface area contributed by atoms with E-state index in [4.69, 9.17) is 4.74 Å². The molecule has 1 fully saturated rings. The number of hydrogen-bond donors (Lipinski definition) is 1. The summed E-state index contributed by atoms with van der Waals surface area (Å²) in [6.07, 6.45) is 1.22. The zero-order chi connectivity index (χ0) is 15.9. The second-order valence-corrected chi connectivity index (χ2v) is 6.42. The molecule has 0 radical (unpaired) electrons. The molecule has 6 heteroatoms. The number of rotatable bonds is 6. The van der Waals surface area contributed by atoms with Crippen LogP contribution in [0.2, 0.25) is 0 Å². The zero-order valence-corrected chi connectivity index (χ0v) is 13.8. The fourth-order valence-electron chi connectivity index (χ4n) is 2.51. The fraction of sp³-hybridized carbons (Fsp3) is 0.412. The van der Waals surface area contributed by atoms with Crippen LogP contribution in [0.1, 0.15) is 17.7 Å². The summed E-state index contributed by atoms with van der Waals surface area (Å²) in [5, 5.41) is 5.60. The Balaban J connectivity index is 1.45. The second-order valence-electron chi connectivity index (χ2n) is 5.57. The Labute approximate surface area is 140 Å². The molecule has 0 aliphatic carbocycles. The maximum atomic E-state index is 12.0. The number of anilines is 1. The number of aryl methyl sites for hydroxylation is 1. The average Bonchev–Trinajstić information content (AvgIpc) is 3.02. The lowest BCUT2D eigenvalue weighted by molar-refractivity contribution is -0.116. The normalized spacial score (nSPS) is 15.5. The van der Waals surface area contributed by atoms with Gasteiger partial charge < -0.3 is 10.1 Å². The summed E-state index contributed by atoms with van der Waals surface area (Å²) in [6.45, 7) is 4.27. The van der Waals surface area contributed by atoms with E-state index in [0.717, 1.165) is 45.0 Å². The number of morpholine rings is 1. The Hall–Kier alpha value is -1.76. The summed E-state index contributed by atoms with van der Waals surface area (Å²) >= 11 is 1.49. The van der Waals surface area contributed by atoms with Crippen LogP contribution in [0.4, 0.5) is 5.13 Å². The lowest BCUT2D eigenvalue weighted by Crippen LogP contribution is -2.35. The van der Waals surface area contributed by atoms with Gasteiger partial charge in [0.15, 0.2) is 5.13 Å². The highest BCUT2D eigenvalue weighted by Gasteiger charge is 2.13. The van der Waals surface area contributed by atoms with Crippen molar-refractivity contribution in [1.29, 1.82) is 0 Å². The first-order valence-corrected chi connectivity index (χ1v) is 8.76. The average molecular weight is 331 g/mol. The van der Waals surface area contributed by atoms with Gasteiger partial charge in [0, 0.05) is 31.4 Å². The van der Waals surface area contributed by atoms with Gasteiger partial charge in [-0.05, 0) is 12.0 Å². The number of ether oxygens (including phenoxy) is 1. The van der Waals surface area contributed by atoms with Crippen LogP contribution in [0.5, 0.6) is 0 Å². The standard InChI is InChI=1S/C17H21N3O2S/c21-16(7-6-14-4-2-1-3-5-14)19-17-18-15(13-23-17)12-20-8-10-22-11-9-20/h1-5,13H,6-12H2,(H,18,19,21). The van der Waals surface area contributed by atoms with E-state index in [9.17, 15) is 4.79 Å². The summed E-state index contributed by atoms with van der Waals surface area (Å²) < 4.78 is 5.34. The maximum Gasteiger partial charge on any atom is 0.226 e. The lowest BCUT2D eigenvalue weighted by Gasteiger charge is -2.25. The minimum atomic E-state index is 0.0149. The third-order valence-electron chi connectivity index (χ3n) is 3.77. The largest absolute Gasteiger partial charge is 0.379 e. The highest BCUT2D eigenvalue weighted by atomic mass is 32.1. The predicted octanol–water partition coefficient (Wildman–Crippen LogP) is 2.55. The van der Waals surface area contributed by atoms with Crippen molar-refractivity contribution in [2.75, 3.05) is 31.6 Å². The van der Waals surface area contributed by atoms with Gasteiger partial charge in [-0.3, -0.25) is 9.69 Å². The molecule has 0 saturated carbocycles. The minimum absolute atomic E-state index is 0.0149. The number of carbonyl (C=O) groups excluding carboxylic acids is 1. The number of amides is 1. The van der Waals surface area contributed by atoms with Crippen molar-refractivity contribution in [3.63, 3.8) is 0 Å². The molecule has 122 valence electrons. The molecule has 0 bridgehead atoms. The first kappa shape index (κ1) is 16.1. The number of benzene rings is 1. The minimum Gasteiger partial charge on any atom is -0.379 e.